The molecule has 0 N–H and O–H groups in total. The number of aromatic nitrogens is 5. The lowest BCUT2D eigenvalue weighted by Gasteiger charge is -2.18. The van der Waals surface area contributed by atoms with Crippen LogP contribution in [0.4, 0.5) is 0 Å². The molecule has 0 bridgehead atoms. The van der Waals surface area contributed by atoms with Gasteiger partial charge in [0.15, 0.2) is 11.6 Å². The summed E-state index contributed by atoms with van der Waals surface area (Å²) in [4.78, 5) is 15.7. The Labute approximate surface area is 297 Å². The normalized spacial score (nSPS) is 12.2. The van der Waals surface area contributed by atoms with Gasteiger partial charge in [-0.05, 0) is 71.1 Å². The van der Waals surface area contributed by atoms with Crippen molar-refractivity contribution in [3.63, 3.8) is 0 Å². The number of hydrogen-bond acceptors (Lipinski definition) is 3. The van der Waals surface area contributed by atoms with Gasteiger partial charge >= 0.3 is 0 Å². The fourth-order valence-electron chi connectivity index (χ4n) is 8.50. The summed E-state index contributed by atoms with van der Waals surface area (Å²) in [6, 6.07) is 58.2. The van der Waals surface area contributed by atoms with Gasteiger partial charge in [0.05, 0.1) is 33.1 Å². The minimum atomic E-state index is 0.688. The lowest BCUT2D eigenvalue weighted by molar-refractivity contribution is 1.01. The summed E-state index contributed by atoms with van der Waals surface area (Å²) in [5.41, 5.74) is 11.1. The van der Waals surface area contributed by atoms with E-state index >= 15 is 0 Å². The lowest BCUT2D eigenvalue weighted by Crippen LogP contribution is -2.08. The van der Waals surface area contributed by atoms with Crippen LogP contribution in [0.15, 0.2) is 164 Å². The zero-order valence-corrected chi connectivity index (χ0v) is 27.8. The maximum atomic E-state index is 5.43. The number of rotatable bonds is 3. The molecule has 0 saturated carbocycles. The molecule has 2 aliphatic rings. The van der Waals surface area contributed by atoms with E-state index in [-0.39, 0.29) is 0 Å². The van der Waals surface area contributed by atoms with Crippen molar-refractivity contribution in [2.75, 3.05) is 0 Å². The van der Waals surface area contributed by atoms with Gasteiger partial charge in [-0.2, -0.15) is 0 Å². The molecular weight excluding hydrogens is 635 g/mol. The predicted octanol–water partition coefficient (Wildman–Crippen LogP) is 11.7. The predicted molar refractivity (Wildman–Crippen MR) is 214 cm³/mol. The molecule has 0 spiro atoms. The largest absolute Gasteiger partial charge is 0.308 e. The average Bonchev–Trinajstić information content (AvgIpc) is 3.86. The highest BCUT2D eigenvalue weighted by Gasteiger charge is 2.23. The van der Waals surface area contributed by atoms with Gasteiger partial charge in [0.25, 0.3) is 0 Å². The van der Waals surface area contributed by atoms with E-state index in [0.29, 0.717) is 5.82 Å². The summed E-state index contributed by atoms with van der Waals surface area (Å²) in [6.07, 6.45) is 0. The van der Waals surface area contributed by atoms with Crippen molar-refractivity contribution >= 4 is 70.8 Å². The van der Waals surface area contributed by atoms with Gasteiger partial charge in [-0.25, -0.2) is 15.0 Å². The highest BCUT2D eigenvalue weighted by molar-refractivity contribution is 6.24. The fraction of sp³-hybridized carbons (Fsp3) is 0. The smallest absolute Gasteiger partial charge is 0.162 e. The van der Waals surface area contributed by atoms with Crippen molar-refractivity contribution in [2.45, 2.75) is 0 Å². The van der Waals surface area contributed by atoms with Crippen molar-refractivity contribution in [1.29, 1.82) is 0 Å². The van der Waals surface area contributed by atoms with E-state index in [9.17, 15) is 0 Å². The standard InChI is InChI=1S/C47H27N5/c1-2-12-28(13-3-1)45-48-39-18-8-5-17-35(39)46(50-45)52-41-19-9-4-14-30(41)24-38-32-23-22-29(27-40(32)49-47(38)52)31-25-36-33-15-6-10-20-42(33)51-43-21-11-7-16-34(43)37(26-31)44(36)51/h1-27H. The van der Waals surface area contributed by atoms with E-state index in [4.69, 9.17) is 15.0 Å². The summed E-state index contributed by atoms with van der Waals surface area (Å²) in [5.74, 6) is 2.38. The Hall–Kier alpha value is -7.11. The number of para-hydroxylation sites is 4. The van der Waals surface area contributed by atoms with Crippen LogP contribution in [-0.2, 0) is 0 Å². The SMILES string of the molecule is c1ccc(-c2nc(-n3c4nc5cc(-c6cc7c8ccccc8n8c9ccccc9c(c6)c78)ccc5c-4cc4ccccc43)c3ccccc3n2)cc1. The van der Waals surface area contributed by atoms with Crippen LogP contribution >= 0.6 is 0 Å². The first-order valence-electron chi connectivity index (χ1n) is 17.6. The Kier molecular flexibility index (Phi) is 5.44. The molecule has 0 amide bonds. The first kappa shape index (κ1) is 27.7. The van der Waals surface area contributed by atoms with Gasteiger partial charge in [-0.3, -0.25) is 4.57 Å². The van der Waals surface area contributed by atoms with Gasteiger partial charge < -0.3 is 4.40 Å². The minimum Gasteiger partial charge on any atom is -0.308 e. The van der Waals surface area contributed by atoms with E-state index in [1.165, 1.54) is 43.7 Å². The lowest BCUT2D eigenvalue weighted by atomic mass is 9.98. The molecule has 240 valence electrons. The number of fused-ring (bicyclic) bond motifs is 11. The van der Waals surface area contributed by atoms with Crippen LogP contribution in [0.1, 0.15) is 0 Å². The topological polar surface area (TPSA) is 48.0 Å². The molecule has 12 rings (SSSR count). The number of benzene rings is 7. The highest BCUT2D eigenvalue weighted by atomic mass is 15.1. The van der Waals surface area contributed by atoms with Crippen LogP contribution in [0.2, 0.25) is 0 Å². The second-order valence-electron chi connectivity index (χ2n) is 13.7. The molecule has 5 heterocycles. The third-order valence-electron chi connectivity index (χ3n) is 10.8. The first-order chi connectivity index (χ1) is 25.8. The summed E-state index contributed by atoms with van der Waals surface area (Å²) < 4.78 is 4.66. The summed E-state index contributed by atoms with van der Waals surface area (Å²) in [7, 11) is 0. The Balaban J connectivity index is 1.13. The van der Waals surface area contributed by atoms with E-state index in [0.717, 1.165) is 61.0 Å². The van der Waals surface area contributed by atoms with Gasteiger partial charge in [0.2, 0.25) is 0 Å². The average molecular weight is 662 g/mol. The third-order valence-corrected chi connectivity index (χ3v) is 10.8. The van der Waals surface area contributed by atoms with Crippen LogP contribution in [0.5, 0.6) is 0 Å². The molecular formula is C47H27N5. The van der Waals surface area contributed by atoms with Crippen molar-refractivity contribution in [1.82, 2.24) is 23.9 Å². The van der Waals surface area contributed by atoms with Crippen molar-refractivity contribution < 1.29 is 0 Å². The van der Waals surface area contributed by atoms with Crippen LogP contribution in [0, 0.1) is 0 Å². The Morgan fingerprint density at radius 2 is 1.04 bits per heavy atom. The van der Waals surface area contributed by atoms with E-state index in [1.54, 1.807) is 0 Å². The van der Waals surface area contributed by atoms with Crippen LogP contribution in [-0.4, -0.2) is 23.9 Å². The maximum Gasteiger partial charge on any atom is 0.162 e. The molecule has 3 aromatic heterocycles. The molecule has 5 nitrogen and oxygen atoms in total. The zero-order chi connectivity index (χ0) is 33.9. The monoisotopic (exact) mass is 661 g/mol. The number of nitrogens with zero attached hydrogens (tertiary/aromatic N) is 5. The van der Waals surface area contributed by atoms with Crippen molar-refractivity contribution in [3.8, 4) is 39.7 Å². The van der Waals surface area contributed by atoms with Crippen LogP contribution < -0.4 is 0 Å². The summed E-state index contributed by atoms with van der Waals surface area (Å²) >= 11 is 0. The molecule has 0 radical (unpaired) electrons. The number of pyridine rings is 1. The summed E-state index contributed by atoms with van der Waals surface area (Å²) in [5, 5.41) is 8.31. The molecule has 10 aromatic rings. The molecule has 0 fully saturated rings. The molecule has 0 atom stereocenters. The van der Waals surface area contributed by atoms with Crippen molar-refractivity contribution in [3.05, 3.63) is 164 Å². The van der Waals surface area contributed by atoms with Gasteiger partial charge in [-0.15, -0.1) is 0 Å². The molecule has 2 aliphatic heterocycles. The van der Waals surface area contributed by atoms with Gasteiger partial charge in [0, 0.05) is 43.4 Å². The maximum absolute atomic E-state index is 5.43. The molecule has 52 heavy (non-hydrogen) atoms. The molecule has 5 heteroatoms. The quantitative estimate of drug-likeness (QED) is 0.189. The summed E-state index contributed by atoms with van der Waals surface area (Å²) in [6.45, 7) is 0. The fourth-order valence-corrected chi connectivity index (χ4v) is 8.50. The third kappa shape index (κ3) is 3.74. The van der Waals surface area contributed by atoms with E-state index < -0.39 is 0 Å². The van der Waals surface area contributed by atoms with Crippen LogP contribution in [0.25, 0.3) is 111 Å². The zero-order valence-electron chi connectivity index (χ0n) is 27.8. The minimum absolute atomic E-state index is 0.688. The second kappa shape index (κ2) is 10.2. The van der Waals surface area contributed by atoms with Crippen molar-refractivity contribution in [2.24, 2.45) is 0 Å². The molecule has 0 aliphatic carbocycles. The first-order valence-corrected chi connectivity index (χ1v) is 17.6. The van der Waals surface area contributed by atoms with Crippen LogP contribution in [0.3, 0.4) is 0 Å². The molecule has 0 saturated heterocycles. The second-order valence-corrected chi connectivity index (χ2v) is 13.7. The van der Waals surface area contributed by atoms with Gasteiger partial charge in [-0.1, -0.05) is 109 Å². The Morgan fingerprint density at radius 1 is 0.385 bits per heavy atom. The molecule has 7 aromatic carbocycles. The Bertz CT molecular complexity index is 3270. The number of hydrogen-bond donors (Lipinski definition) is 0. The Morgan fingerprint density at radius 3 is 1.81 bits per heavy atom. The van der Waals surface area contributed by atoms with E-state index in [2.05, 4.69) is 148 Å². The van der Waals surface area contributed by atoms with E-state index in [1.807, 2.05) is 24.3 Å². The molecule has 0 unspecified atom stereocenters. The highest BCUT2D eigenvalue weighted by Crippen LogP contribution is 2.43. The van der Waals surface area contributed by atoms with Gasteiger partial charge in [0.1, 0.15) is 5.82 Å².